The van der Waals surface area contributed by atoms with E-state index < -0.39 is 5.56 Å². The van der Waals surface area contributed by atoms with Crippen molar-refractivity contribution in [3.05, 3.63) is 39.6 Å². The molecule has 5 heteroatoms. The van der Waals surface area contributed by atoms with E-state index in [0.29, 0.717) is 12.1 Å². The molecule has 0 aliphatic carbocycles. The van der Waals surface area contributed by atoms with Crippen molar-refractivity contribution in [1.82, 2.24) is 4.57 Å². The highest BCUT2D eigenvalue weighted by atomic mass is 32.1. The van der Waals surface area contributed by atoms with E-state index in [9.17, 15) is 9.90 Å². The van der Waals surface area contributed by atoms with E-state index in [0.717, 1.165) is 11.3 Å². The molecule has 0 spiro atoms. The maximum Gasteiger partial charge on any atom is 0.272 e. The first-order valence-electron chi connectivity index (χ1n) is 6.74. The van der Waals surface area contributed by atoms with Crippen LogP contribution in [0.3, 0.4) is 0 Å². The first kappa shape index (κ1) is 15.3. The molecule has 0 saturated heterocycles. The van der Waals surface area contributed by atoms with Crippen LogP contribution in [0, 0.1) is 16.7 Å². The molecule has 0 unspecified atom stereocenters. The lowest BCUT2D eigenvalue weighted by Gasteiger charge is -2.19. The van der Waals surface area contributed by atoms with Gasteiger partial charge in [-0.05, 0) is 23.3 Å². The summed E-state index contributed by atoms with van der Waals surface area (Å²) in [7, 11) is 0. The smallest absolute Gasteiger partial charge is 0.272 e. The third-order valence-corrected chi connectivity index (χ3v) is 4.16. The molecule has 0 atom stereocenters. The lowest BCUT2D eigenvalue weighted by Crippen LogP contribution is -2.24. The third-order valence-electron chi connectivity index (χ3n) is 3.25. The van der Waals surface area contributed by atoms with Gasteiger partial charge >= 0.3 is 0 Å². The van der Waals surface area contributed by atoms with E-state index in [1.165, 1.54) is 15.9 Å². The maximum atomic E-state index is 12.2. The topological polar surface area (TPSA) is 66.0 Å². The van der Waals surface area contributed by atoms with Crippen LogP contribution in [0.4, 0.5) is 0 Å². The van der Waals surface area contributed by atoms with Gasteiger partial charge in [0.1, 0.15) is 11.8 Å². The molecule has 2 aromatic heterocycles. The molecule has 2 aromatic rings. The van der Waals surface area contributed by atoms with Crippen molar-refractivity contribution in [2.24, 2.45) is 5.41 Å². The molecule has 0 aliphatic rings. The van der Waals surface area contributed by atoms with Crippen LogP contribution in [0.5, 0.6) is 5.75 Å². The zero-order chi connectivity index (χ0) is 15.6. The van der Waals surface area contributed by atoms with Crippen molar-refractivity contribution in [1.29, 1.82) is 5.26 Å². The molecule has 4 nitrogen and oxygen atoms in total. The Morgan fingerprint density at radius 2 is 2.14 bits per heavy atom. The van der Waals surface area contributed by atoms with E-state index in [2.05, 4.69) is 20.8 Å². The molecule has 2 heterocycles. The fourth-order valence-corrected chi connectivity index (χ4v) is 2.73. The van der Waals surface area contributed by atoms with Gasteiger partial charge in [0.25, 0.3) is 5.56 Å². The van der Waals surface area contributed by atoms with E-state index in [4.69, 9.17) is 5.26 Å². The molecule has 1 N–H and O–H groups in total. The molecule has 0 fully saturated rings. The Morgan fingerprint density at radius 3 is 2.67 bits per heavy atom. The van der Waals surface area contributed by atoms with Crippen LogP contribution in [0.15, 0.2) is 28.5 Å². The number of thiophene rings is 1. The van der Waals surface area contributed by atoms with Crippen LogP contribution in [-0.2, 0) is 6.54 Å². The number of nitrogens with zero attached hydrogens (tertiary/aromatic N) is 2. The van der Waals surface area contributed by atoms with Crippen LogP contribution in [-0.4, -0.2) is 9.67 Å². The second-order valence-corrected chi connectivity index (χ2v) is 7.11. The molecule has 0 radical (unpaired) electrons. The maximum absolute atomic E-state index is 12.2. The summed E-state index contributed by atoms with van der Waals surface area (Å²) >= 11 is 1.46. The fraction of sp³-hybridized carbons (Fsp3) is 0.375. The minimum atomic E-state index is -0.431. The molecule has 0 saturated carbocycles. The quantitative estimate of drug-likeness (QED) is 0.942. The largest absolute Gasteiger partial charge is 0.506 e. The highest BCUT2D eigenvalue weighted by molar-refractivity contribution is 7.13. The first-order chi connectivity index (χ1) is 9.83. The van der Waals surface area contributed by atoms with Crippen molar-refractivity contribution in [3.8, 4) is 22.3 Å². The summed E-state index contributed by atoms with van der Waals surface area (Å²) in [5, 5.41) is 21.2. The third kappa shape index (κ3) is 3.34. The van der Waals surface area contributed by atoms with Gasteiger partial charge in [-0.3, -0.25) is 4.79 Å². The highest BCUT2D eigenvalue weighted by Crippen LogP contribution is 2.33. The summed E-state index contributed by atoms with van der Waals surface area (Å²) in [6.45, 7) is 6.83. The van der Waals surface area contributed by atoms with Crippen molar-refractivity contribution in [3.63, 3.8) is 0 Å². The second-order valence-electron chi connectivity index (χ2n) is 6.16. The minimum Gasteiger partial charge on any atom is -0.506 e. The van der Waals surface area contributed by atoms with Gasteiger partial charge in [0, 0.05) is 17.6 Å². The Kier molecular flexibility index (Phi) is 4.19. The molecule has 0 bridgehead atoms. The predicted molar refractivity (Wildman–Crippen MR) is 84.5 cm³/mol. The Bertz CT molecular complexity index is 731. The number of aryl methyl sites for hydroxylation is 1. The molecule has 110 valence electrons. The van der Waals surface area contributed by atoms with Gasteiger partial charge in [-0.25, -0.2) is 0 Å². The highest BCUT2D eigenvalue weighted by Gasteiger charge is 2.18. The minimum absolute atomic E-state index is 0.0905. The molecule has 0 aliphatic heterocycles. The fourth-order valence-electron chi connectivity index (χ4n) is 1.99. The van der Waals surface area contributed by atoms with E-state index in [1.807, 2.05) is 23.6 Å². The number of pyridine rings is 1. The van der Waals surface area contributed by atoms with Crippen LogP contribution >= 0.6 is 11.3 Å². The summed E-state index contributed by atoms with van der Waals surface area (Å²) in [6.07, 6.45) is 2.46. The SMILES string of the molecule is CC(C)(C)CCn1cc(-c2cccs2)c(O)c(C#N)c1=O. The Balaban J connectivity index is 2.54. The van der Waals surface area contributed by atoms with E-state index in [-0.39, 0.29) is 16.7 Å². The average Bonchev–Trinajstić information content (AvgIpc) is 2.91. The number of aromatic hydroxyl groups is 1. The molecule has 2 rings (SSSR count). The molecular weight excluding hydrogens is 284 g/mol. The summed E-state index contributed by atoms with van der Waals surface area (Å²) in [6, 6.07) is 5.56. The van der Waals surface area contributed by atoms with Crippen molar-refractivity contribution >= 4 is 11.3 Å². The molecule has 0 amide bonds. The Hall–Kier alpha value is -2.06. The zero-order valence-electron chi connectivity index (χ0n) is 12.4. The van der Waals surface area contributed by atoms with Gasteiger partial charge in [0.15, 0.2) is 5.56 Å². The summed E-state index contributed by atoms with van der Waals surface area (Å²) in [5.74, 6) is -0.225. The number of rotatable bonds is 3. The van der Waals surface area contributed by atoms with Gasteiger partial charge in [0.2, 0.25) is 0 Å². The van der Waals surface area contributed by atoms with Crippen LogP contribution in [0.2, 0.25) is 0 Å². The van der Waals surface area contributed by atoms with E-state index in [1.54, 1.807) is 6.20 Å². The lowest BCUT2D eigenvalue weighted by molar-refractivity contribution is 0.347. The Labute approximate surface area is 127 Å². The zero-order valence-corrected chi connectivity index (χ0v) is 13.2. The Morgan fingerprint density at radius 1 is 1.43 bits per heavy atom. The van der Waals surface area contributed by atoms with E-state index >= 15 is 0 Å². The van der Waals surface area contributed by atoms with Gasteiger partial charge in [-0.1, -0.05) is 26.8 Å². The number of aromatic nitrogens is 1. The van der Waals surface area contributed by atoms with Crippen molar-refractivity contribution in [2.75, 3.05) is 0 Å². The van der Waals surface area contributed by atoms with Crippen LogP contribution in [0.25, 0.3) is 10.4 Å². The monoisotopic (exact) mass is 302 g/mol. The summed E-state index contributed by atoms with van der Waals surface area (Å²) in [5.41, 5.74) is 0.0113. The molecule has 21 heavy (non-hydrogen) atoms. The lowest BCUT2D eigenvalue weighted by atomic mass is 9.92. The summed E-state index contributed by atoms with van der Waals surface area (Å²) < 4.78 is 1.53. The number of hydrogen-bond donors (Lipinski definition) is 1. The van der Waals surface area contributed by atoms with Crippen molar-refractivity contribution < 1.29 is 5.11 Å². The molecular formula is C16H18N2O2S. The molecule has 0 aromatic carbocycles. The van der Waals surface area contributed by atoms with Crippen molar-refractivity contribution in [2.45, 2.75) is 33.7 Å². The van der Waals surface area contributed by atoms with Gasteiger partial charge in [-0.2, -0.15) is 5.26 Å². The van der Waals surface area contributed by atoms with Gasteiger partial charge in [-0.15, -0.1) is 11.3 Å². The normalized spacial score (nSPS) is 11.3. The van der Waals surface area contributed by atoms with Crippen LogP contribution in [0.1, 0.15) is 32.8 Å². The first-order valence-corrected chi connectivity index (χ1v) is 7.62. The summed E-state index contributed by atoms with van der Waals surface area (Å²) in [4.78, 5) is 13.1. The van der Waals surface area contributed by atoms with Gasteiger partial charge < -0.3 is 9.67 Å². The second kappa shape index (κ2) is 5.74. The standard InChI is InChI=1S/C16H18N2O2S/c1-16(2,3)6-7-18-10-12(13-5-4-8-21-13)14(19)11(9-17)15(18)20/h4-5,8,10,19H,6-7H2,1-3H3. The van der Waals surface area contributed by atoms with Gasteiger partial charge in [0.05, 0.1) is 5.56 Å². The number of nitriles is 1. The van der Waals surface area contributed by atoms with Crippen LogP contribution < -0.4 is 5.56 Å². The average molecular weight is 302 g/mol. The number of hydrogen-bond acceptors (Lipinski definition) is 4. The predicted octanol–water partition coefficient (Wildman–Crippen LogP) is 3.59.